The largest absolute Gasteiger partial charge is 0.333 e. The summed E-state index contributed by atoms with van der Waals surface area (Å²) in [7, 11) is 0. The number of hydrogen-bond donors (Lipinski definition) is 1. The number of carbonyl (C=O) groups is 1. The first-order chi connectivity index (χ1) is 8.34. The predicted molar refractivity (Wildman–Crippen MR) is 61.3 cm³/mol. The highest BCUT2D eigenvalue weighted by Crippen LogP contribution is 2.19. The third kappa shape index (κ3) is 1.80. The van der Waals surface area contributed by atoms with Gasteiger partial charge in [-0.15, -0.1) is 0 Å². The van der Waals surface area contributed by atoms with E-state index >= 15 is 0 Å². The van der Waals surface area contributed by atoms with E-state index in [1.54, 1.807) is 4.90 Å². The quantitative estimate of drug-likeness (QED) is 0.792. The zero-order valence-corrected chi connectivity index (χ0v) is 9.26. The molecule has 0 atom stereocenters. The maximum atomic E-state index is 12.1. The van der Waals surface area contributed by atoms with Crippen molar-refractivity contribution in [2.75, 3.05) is 6.54 Å². The molecule has 1 amide bonds. The van der Waals surface area contributed by atoms with Crippen LogP contribution < -0.4 is 0 Å². The van der Waals surface area contributed by atoms with Crippen LogP contribution in [-0.2, 0) is 13.0 Å². The minimum atomic E-state index is -0.0618. The third-order valence-corrected chi connectivity index (χ3v) is 3.05. The van der Waals surface area contributed by atoms with Gasteiger partial charge in [0.05, 0.1) is 6.20 Å². The Balaban J connectivity index is 1.83. The molecule has 3 rings (SSSR count). The minimum Gasteiger partial charge on any atom is -0.333 e. The van der Waals surface area contributed by atoms with Gasteiger partial charge in [-0.05, 0) is 17.5 Å². The Labute approximate surface area is 98.4 Å². The van der Waals surface area contributed by atoms with Crippen molar-refractivity contribution in [3.8, 4) is 0 Å². The lowest BCUT2D eigenvalue weighted by Crippen LogP contribution is -2.36. The first kappa shape index (κ1) is 10.0. The Morgan fingerprint density at radius 1 is 1.29 bits per heavy atom. The Bertz CT molecular complexity index is 535. The molecule has 1 aromatic carbocycles. The van der Waals surface area contributed by atoms with Crippen molar-refractivity contribution in [3.63, 3.8) is 0 Å². The van der Waals surface area contributed by atoms with Gasteiger partial charge in [0.2, 0.25) is 0 Å². The molecule has 0 radical (unpaired) electrons. The number of nitrogens with zero attached hydrogens (tertiary/aromatic N) is 3. The number of fused-ring (bicyclic) bond motifs is 1. The standard InChI is InChI=1S/C12H12N4O/c17-12(11-7-13-15-14-11)16-6-5-9-3-1-2-4-10(9)8-16/h1-4,7H,5-6,8H2,(H,13,14,15). The summed E-state index contributed by atoms with van der Waals surface area (Å²) >= 11 is 0. The molecule has 1 aliphatic heterocycles. The zero-order chi connectivity index (χ0) is 11.7. The lowest BCUT2D eigenvalue weighted by molar-refractivity contribution is 0.0728. The lowest BCUT2D eigenvalue weighted by Gasteiger charge is -2.28. The molecule has 1 aromatic heterocycles. The van der Waals surface area contributed by atoms with E-state index in [1.807, 2.05) is 12.1 Å². The number of aromatic nitrogens is 3. The van der Waals surface area contributed by atoms with Crippen molar-refractivity contribution in [1.29, 1.82) is 0 Å². The fourth-order valence-corrected chi connectivity index (χ4v) is 2.14. The molecule has 0 aliphatic carbocycles. The van der Waals surface area contributed by atoms with Crippen LogP contribution >= 0.6 is 0 Å². The van der Waals surface area contributed by atoms with Crippen LogP contribution in [0.15, 0.2) is 30.5 Å². The van der Waals surface area contributed by atoms with Gasteiger partial charge in [0.25, 0.3) is 5.91 Å². The van der Waals surface area contributed by atoms with Crippen LogP contribution in [0.25, 0.3) is 0 Å². The topological polar surface area (TPSA) is 61.9 Å². The number of amides is 1. The molecule has 1 N–H and O–H groups in total. The van der Waals surface area contributed by atoms with Crippen molar-refractivity contribution >= 4 is 5.91 Å². The molecule has 0 fully saturated rings. The van der Waals surface area contributed by atoms with Crippen LogP contribution in [-0.4, -0.2) is 32.8 Å². The molecule has 17 heavy (non-hydrogen) atoms. The minimum absolute atomic E-state index is 0.0618. The summed E-state index contributed by atoms with van der Waals surface area (Å²) in [5.41, 5.74) is 2.93. The average Bonchev–Trinajstić information content (AvgIpc) is 2.91. The predicted octanol–water partition coefficient (Wildman–Crippen LogP) is 1.00. The number of aromatic amines is 1. The fraction of sp³-hybridized carbons (Fsp3) is 0.250. The number of H-pyrrole nitrogens is 1. The van der Waals surface area contributed by atoms with Gasteiger partial charge in [-0.25, -0.2) is 0 Å². The highest BCUT2D eigenvalue weighted by atomic mass is 16.2. The van der Waals surface area contributed by atoms with E-state index in [-0.39, 0.29) is 5.91 Å². The summed E-state index contributed by atoms with van der Waals surface area (Å²) in [6.07, 6.45) is 2.36. The van der Waals surface area contributed by atoms with Crippen LogP contribution in [0.3, 0.4) is 0 Å². The SMILES string of the molecule is O=C(c1cn[nH]n1)N1CCc2ccccc2C1. The van der Waals surface area contributed by atoms with Crippen LogP contribution in [0, 0.1) is 0 Å². The lowest BCUT2D eigenvalue weighted by atomic mass is 10.00. The highest BCUT2D eigenvalue weighted by Gasteiger charge is 2.22. The molecule has 0 unspecified atom stereocenters. The Hall–Kier alpha value is -2.17. The van der Waals surface area contributed by atoms with E-state index in [1.165, 1.54) is 17.3 Å². The van der Waals surface area contributed by atoms with Crippen LogP contribution in [0.5, 0.6) is 0 Å². The van der Waals surface area contributed by atoms with Crippen molar-refractivity contribution in [2.24, 2.45) is 0 Å². The number of rotatable bonds is 1. The first-order valence-electron chi connectivity index (χ1n) is 5.56. The van der Waals surface area contributed by atoms with E-state index in [2.05, 4.69) is 27.5 Å². The molecular weight excluding hydrogens is 216 g/mol. The van der Waals surface area contributed by atoms with Gasteiger partial charge in [0.1, 0.15) is 0 Å². The van der Waals surface area contributed by atoms with E-state index in [0.29, 0.717) is 12.2 Å². The average molecular weight is 228 g/mol. The molecule has 5 nitrogen and oxygen atoms in total. The Morgan fingerprint density at radius 2 is 2.12 bits per heavy atom. The Kier molecular flexibility index (Phi) is 2.36. The van der Waals surface area contributed by atoms with Crippen molar-refractivity contribution in [3.05, 3.63) is 47.3 Å². The number of hydrogen-bond acceptors (Lipinski definition) is 3. The molecular formula is C12H12N4O. The van der Waals surface area contributed by atoms with Crippen molar-refractivity contribution in [1.82, 2.24) is 20.3 Å². The van der Waals surface area contributed by atoms with Crippen molar-refractivity contribution < 1.29 is 4.79 Å². The summed E-state index contributed by atoms with van der Waals surface area (Å²) in [5, 5.41) is 9.94. The molecule has 2 aromatic rings. The van der Waals surface area contributed by atoms with E-state index in [0.717, 1.165) is 13.0 Å². The molecule has 5 heteroatoms. The smallest absolute Gasteiger partial charge is 0.276 e. The summed E-state index contributed by atoms with van der Waals surface area (Å²) in [6.45, 7) is 1.39. The van der Waals surface area contributed by atoms with Gasteiger partial charge in [0.15, 0.2) is 5.69 Å². The normalized spacial score (nSPS) is 14.5. The van der Waals surface area contributed by atoms with Crippen LogP contribution in [0.4, 0.5) is 0 Å². The van der Waals surface area contributed by atoms with E-state index in [9.17, 15) is 4.79 Å². The monoisotopic (exact) mass is 228 g/mol. The molecule has 2 heterocycles. The Morgan fingerprint density at radius 3 is 2.88 bits per heavy atom. The highest BCUT2D eigenvalue weighted by molar-refractivity contribution is 5.92. The van der Waals surface area contributed by atoms with Gasteiger partial charge in [-0.1, -0.05) is 24.3 Å². The number of nitrogens with one attached hydrogen (secondary N) is 1. The van der Waals surface area contributed by atoms with Gasteiger partial charge in [-0.2, -0.15) is 15.4 Å². The second-order valence-electron chi connectivity index (χ2n) is 4.10. The molecule has 0 saturated heterocycles. The summed E-state index contributed by atoms with van der Waals surface area (Å²) < 4.78 is 0. The number of benzene rings is 1. The third-order valence-electron chi connectivity index (χ3n) is 3.05. The molecule has 86 valence electrons. The van der Waals surface area contributed by atoms with Gasteiger partial charge >= 0.3 is 0 Å². The molecule has 0 spiro atoms. The first-order valence-corrected chi connectivity index (χ1v) is 5.56. The molecule has 0 bridgehead atoms. The zero-order valence-electron chi connectivity index (χ0n) is 9.26. The second kappa shape index (κ2) is 4.01. The van der Waals surface area contributed by atoms with Gasteiger partial charge in [0, 0.05) is 13.1 Å². The van der Waals surface area contributed by atoms with Crippen LogP contribution in [0.2, 0.25) is 0 Å². The van der Waals surface area contributed by atoms with Gasteiger partial charge < -0.3 is 4.90 Å². The summed E-state index contributed by atoms with van der Waals surface area (Å²) in [4.78, 5) is 13.9. The number of carbonyl (C=O) groups excluding carboxylic acids is 1. The maximum Gasteiger partial charge on any atom is 0.276 e. The summed E-state index contributed by atoms with van der Waals surface area (Å²) in [6, 6.07) is 8.22. The van der Waals surface area contributed by atoms with E-state index < -0.39 is 0 Å². The molecule has 0 saturated carbocycles. The van der Waals surface area contributed by atoms with Gasteiger partial charge in [-0.3, -0.25) is 4.79 Å². The second-order valence-corrected chi connectivity index (χ2v) is 4.10. The fourth-order valence-electron chi connectivity index (χ4n) is 2.14. The molecule has 1 aliphatic rings. The van der Waals surface area contributed by atoms with Crippen molar-refractivity contribution in [2.45, 2.75) is 13.0 Å². The van der Waals surface area contributed by atoms with Crippen LogP contribution in [0.1, 0.15) is 21.6 Å². The summed E-state index contributed by atoms with van der Waals surface area (Å²) in [5.74, 6) is -0.0618. The maximum absolute atomic E-state index is 12.1. The van der Waals surface area contributed by atoms with E-state index in [4.69, 9.17) is 0 Å².